The molecule has 0 fully saturated rings. The molecule has 32 heavy (non-hydrogen) atoms. The number of hydrogen-bond donors (Lipinski definition) is 0. The van der Waals surface area contributed by atoms with Crippen molar-refractivity contribution in [2.45, 2.75) is 92.4 Å². The standard InChI is InChI=1S/C30H38.C2H6/c1-7-11-18-30(19-12-8-2)28(10-4)26(13-9-3)27-17-16-25(21-29(27)30)24-15-14-22(5)23(6)20-24;1-2/h9-10,13-17,20-21H,4,7-8,11-12,18-19H2,1-3,5-6H3;1-2H3/b13-9-;. The Morgan fingerprint density at radius 1 is 0.844 bits per heavy atom. The number of aryl methyl sites for hydroxylation is 2. The Kier molecular flexibility index (Phi) is 9.76. The Hall–Kier alpha value is -2.34. The van der Waals surface area contributed by atoms with Gasteiger partial charge in [0.15, 0.2) is 0 Å². The number of rotatable bonds is 9. The van der Waals surface area contributed by atoms with Crippen molar-refractivity contribution in [3.8, 4) is 11.1 Å². The fourth-order valence-electron chi connectivity index (χ4n) is 5.10. The molecule has 0 heteroatoms. The molecule has 2 aromatic rings. The molecule has 0 bridgehead atoms. The highest BCUT2D eigenvalue weighted by molar-refractivity contribution is 5.89. The molecule has 2 aromatic carbocycles. The highest BCUT2D eigenvalue weighted by atomic mass is 14.4. The molecule has 0 N–H and O–H groups in total. The molecule has 1 aliphatic carbocycles. The van der Waals surface area contributed by atoms with E-state index in [4.69, 9.17) is 0 Å². The summed E-state index contributed by atoms with van der Waals surface area (Å²) in [6.45, 7) is 19.4. The molecule has 0 saturated carbocycles. The fourth-order valence-corrected chi connectivity index (χ4v) is 5.10. The van der Waals surface area contributed by atoms with Crippen molar-refractivity contribution in [1.82, 2.24) is 0 Å². The predicted molar refractivity (Wildman–Crippen MR) is 145 cm³/mol. The maximum Gasteiger partial charge on any atom is 0.0215 e. The van der Waals surface area contributed by atoms with Crippen molar-refractivity contribution in [3.63, 3.8) is 0 Å². The highest BCUT2D eigenvalue weighted by Gasteiger charge is 2.42. The number of unbranched alkanes of at least 4 members (excludes halogenated alkanes) is 2. The Labute approximate surface area is 198 Å². The van der Waals surface area contributed by atoms with Crippen molar-refractivity contribution in [1.29, 1.82) is 0 Å². The minimum atomic E-state index is 0.0910. The number of benzene rings is 2. The van der Waals surface area contributed by atoms with E-state index in [0.717, 1.165) is 0 Å². The quantitative estimate of drug-likeness (QED) is 0.372. The second-order valence-electron chi connectivity index (χ2n) is 8.88. The molecule has 1 aliphatic rings. The van der Waals surface area contributed by atoms with E-state index in [1.807, 2.05) is 13.8 Å². The summed E-state index contributed by atoms with van der Waals surface area (Å²) < 4.78 is 0. The molecule has 0 unspecified atom stereocenters. The molecule has 172 valence electrons. The van der Waals surface area contributed by atoms with Crippen LogP contribution in [0.1, 0.15) is 95.4 Å². The third-order valence-electron chi connectivity index (χ3n) is 6.92. The van der Waals surface area contributed by atoms with Gasteiger partial charge in [-0.3, -0.25) is 0 Å². The van der Waals surface area contributed by atoms with Gasteiger partial charge in [-0.2, -0.15) is 0 Å². The van der Waals surface area contributed by atoms with Crippen molar-refractivity contribution >= 4 is 5.57 Å². The smallest absolute Gasteiger partial charge is 0.0215 e. The van der Waals surface area contributed by atoms with Crippen LogP contribution >= 0.6 is 0 Å². The summed E-state index contributed by atoms with van der Waals surface area (Å²) in [5.74, 6) is 0. The van der Waals surface area contributed by atoms with Crippen LogP contribution in [0.4, 0.5) is 0 Å². The lowest BCUT2D eigenvalue weighted by Gasteiger charge is -2.34. The van der Waals surface area contributed by atoms with Crippen molar-refractivity contribution in [2.24, 2.45) is 0 Å². The first kappa shape index (κ1) is 25.9. The molecule has 0 aromatic heterocycles. The first-order valence-corrected chi connectivity index (χ1v) is 12.7. The van der Waals surface area contributed by atoms with Crippen LogP contribution in [-0.2, 0) is 5.41 Å². The molecule has 0 atom stereocenters. The summed E-state index contributed by atoms with van der Waals surface area (Å²) in [4.78, 5) is 0. The van der Waals surface area contributed by atoms with Gasteiger partial charge in [-0.05, 0) is 84.2 Å². The van der Waals surface area contributed by atoms with Gasteiger partial charge < -0.3 is 0 Å². The summed E-state index contributed by atoms with van der Waals surface area (Å²) >= 11 is 0. The van der Waals surface area contributed by atoms with Crippen LogP contribution < -0.4 is 0 Å². The van der Waals surface area contributed by atoms with Crippen LogP contribution in [0.3, 0.4) is 0 Å². The van der Waals surface area contributed by atoms with E-state index in [9.17, 15) is 0 Å². The molecule has 0 nitrogen and oxygen atoms in total. The van der Waals surface area contributed by atoms with Gasteiger partial charge in [-0.15, -0.1) is 0 Å². The van der Waals surface area contributed by atoms with Gasteiger partial charge in [-0.25, -0.2) is 0 Å². The molecular formula is C32H44. The van der Waals surface area contributed by atoms with E-state index >= 15 is 0 Å². The second-order valence-corrected chi connectivity index (χ2v) is 8.88. The molecule has 0 heterocycles. The normalized spacial score (nSPS) is 14.3. The van der Waals surface area contributed by atoms with Crippen molar-refractivity contribution in [2.75, 3.05) is 0 Å². The van der Waals surface area contributed by atoms with Crippen molar-refractivity contribution in [3.05, 3.63) is 89.0 Å². The Balaban J connectivity index is 0.00000176. The average Bonchev–Trinajstić information content (AvgIpc) is 3.08. The van der Waals surface area contributed by atoms with Crippen LogP contribution in [0, 0.1) is 13.8 Å². The summed E-state index contributed by atoms with van der Waals surface area (Å²) in [6.07, 6.45) is 14.0. The Bertz CT molecular complexity index is 960. The second kappa shape index (κ2) is 12.0. The lowest BCUT2D eigenvalue weighted by molar-refractivity contribution is 0.412. The van der Waals surface area contributed by atoms with E-state index in [1.165, 1.54) is 83.1 Å². The van der Waals surface area contributed by atoms with Gasteiger partial charge in [0.05, 0.1) is 0 Å². The van der Waals surface area contributed by atoms with Gasteiger partial charge >= 0.3 is 0 Å². The molecule has 0 radical (unpaired) electrons. The topological polar surface area (TPSA) is 0 Å². The van der Waals surface area contributed by atoms with E-state index < -0.39 is 0 Å². The van der Waals surface area contributed by atoms with E-state index in [2.05, 4.69) is 95.8 Å². The summed E-state index contributed by atoms with van der Waals surface area (Å²) in [5.41, 5.74) is 11.2. The van der Waals surface area contributed by atoms with E-state index in [-0.39, 0.29) is 5.41 Å². The molecule has 0 spiro atoms. The number of fused-ring (bicyclic) bond motifs is 1. The first-order chi connectivity index (χ1) is 15.5. The third-order valence-corrected chi connectivity index (χ3v) is 6.92. The zero-order valence-corrected chi connectivity index (χ0v) is 21.6. The molecule has 0 aliphatic heterocycles. The SMILES string of the molecule is C=CC1=C(/C=C\C)c2ccc(-c3ccc(C)c(C)c3)cc2C1(CCCC)CCCC.CC. The highest BCUT2D eigenvalue weighted by Crippen LogP contribution is 2.53. The maximum absolute atomic E-state index is 4.28. The fraction of sp³-hybridized carbons (Fsp3) is 0.438. The van der Waals surface area contributed by atoms with Gasteiger partial charge in [0.2, 0.25) is 0 Å². The van der Waals surface area contributed by atoms with Gasteiger partial charge in [0.1, 0.15) is 0 Å². The van der Waals surface area contributed by atoms with Crippen LogP contribution in [0.5, 0.6) is 0 Å². The predicted octanol–water partition coefficient (Wildman–Crippen LogP) is 10.1. The minimum Gasteiger partial charge on any atom is -0.0987 e. The number of hydrogen-bond acceptors (Lipinski definition) is 0. The van der Waals surface area contributed by atoms with Gasteiger partial charge in [0.25, 0.3) is 0 Å². The van der Waals surface area contributed by atoms with Crippen LogP contribution in [0.15, 0.2) is 66.8 Å². The monoisotopic (exact) mass is 428 g/mol. The minimum absolute atomic E-state index is 0.0910. The lowest BCUT2D eigenvalue weighted by atomic mass is 9.69. The van der Waals surface area contributed by atoms with Gasteiger partial charge in [0, 0.05) is 5.41 Å². The Morgan fingerprint density at radius 3 is 1.97 bits per heavy atom. The first-order valence-electron chi connectivity index (χ1n) is 12.7. The lowest BCUT2D eigenvalue weighted by Crippen LogP contribution is -2.26. The molecule has 3 rings (SSSR count). The van der Waals surface area contributed by atoms with Crippen LogP contribution in [-0.4, -0.2) is 0 Å². The van der Waals surface area contributed by atoms with Crippen molar-refractivity contribution < 1.29 is 0 Å². The molecule has 0 saturated heterocycles. The zero-order valence-electron chi connectivity index (χ0n) is 21.6. The summed E-state index contributed by atoms with van der Waals surface area (Å²) in [6, 6.07) is 14.0. The third kappa shape index (κ3) is 5.01. The maximum atomic E-state index is 4.28. The largest absolute Gasteiger partial charge is 0.0987 e. The van der Waals surface area contributed by atoms with E-state index in [0.29, 0.717) is 0 Å². The average molecular weight is 429 g/mol. The van der Waals surface area contributed by atoms with Gasteiger partial charge in [-0.1, -0.05) is 109 Å². The van der Waals surface area contributed by atoms with E-state index in [1.54, 1.807) is 0 Å². The summed E-state index contributed by atoms with van der Waals surface area (Å²) in [7, 11) is 0. The molecular weight excluding hydrogens is 384 g/mol. The molecule has 0 amide bonds. The summed E-state index contributed by atoms with van der Waals surface area (Å²) in [5, 5.41) is 0. The van der Waals surface area contributed by atoms with Crippen LogP contribution in [0.2, 0.25) is 0 Å². The number of allylic oxidation sites excluding steroid dienone is 5. The van der Waals surface area contributed by atoms with Crippen LogP contribution in [0.25, 0.3) is 16.7 Å². The Morgan fingerprint density at radius 2 is 1.44 bits per heavy atom. The zero-order chi connectivity index (χ0) is 23.7.